The third-order valence-corrected chi connectivity index (χ3v) is 3.29. The highest BCUT2D eigenvalue weighted by Gasteiger charge is 1.97. The molecule has 0 fully saturated rings. The number of methoxy groups -OCH3 is 1. The lowest BCUT2D eigenvalue weighted by Gasteiger charge is -2.11. The number of rotatable bonds is 12. The van der Waals surface area contributed by atoms with Crippen LogP contribution in [0.15, 0.2) is 35.3 Å². The molecule has 24 heavy (non-hydrogen) atoms. The molecule has 5 nitrogen and oxygen atoms in total. The summed E-state index contributed by atoms with van der Waals surface area (Å²) in [6.07, 6.45) is 3.05. The summed E-state index contributed by atoms with van der Waals surface area (Å²) in [6.45, 7) is 6.76. The van der Waals surface area contributed by atoms with Crippen LogP contribution < -0.4 is 10.6 Å². The number of hydrogen-bond donors (Lipinski definition) is 2. The number of hydrogen-bond acceptors (Lipinski definition) is 3. The van der Waals surface area contributed by atoms with Gasteiger partial charge in [0.2, 0.25) is 0 Å². The SMILES string of the molecule is CCNC(=NCCCCOCCOC)NCCc1ccccc1.I. The van der Waals surface area contributed by atoms with E-state index in [1.165, 1.54) is 5.56 Å². The Balaban J connectivity index is 0.00000529. The molecule has 0 aliphatic carbocycles. The predicted octanol–water partition coefficient (Wildman–Crippen LogP) is 2.85. The second-order valence-electron chi connectivity index (χ2n) is 5.24. The van der Waals surface area contributed by atoms with E-state index in [9.17, 15) is 0 Å². The van der Waals surface area contributed by atoms with Crippen LogP contribution in [0.2, 0.25) is 0 Å². The molecule has 0 saturated heterocycles. The molecule has 0 unspecified atom stereocenters. The molecule has 6 heteroatoms. The van der Waals surface area contributed by atoms with Crippen LogP contribution in [0.1, 0.15) is 25.3 Å². The van der Waals surface area contributed by atoms with Crippen molar-refractivity contribution in [3.8, 4) is 0 Å². The minimum absolute atomic E-state index is 0. The van der Waals surface area contributed by atoms with Gasteiger partial charge in [0.1, 0.15) is 0 Å². The Bertz CT molecular complexity index is 416. The largest absolute Gasteiger partial charge is 0.382 e. The van der Waals surface area contributed by atoms with Crippen molar-refractivity contribution in [2.75, 3.05) is 46.6 Å². The van der Waals surface area contributed by atoms with Gasteiger partial charge in [0, 0.05) is 33.4 Å². The third-order valence-electron chi connectivity index (χ3n) is 3.29. The molecule has 0 aliphatic rings. The number of aliphatic imine (C=N–C) groups is 1. The first-order valence-electron chi connectivity index (χ1n) is 8.49. The molecule has 0 heterocycles. The maximum Gasteiger partial charge on any atom is 0.191 e. The molecule has 0 bridgehead atoms. The Morgan fingerprint density at radius 3 is 2.54 bits per heavy atom. The van der Waals surface area contributed by atoms with Gasteiger partial charge in [-0.05, 0) is 31.7 Å². The number of unbranched alkanes of at least 4 members (excludes halogenated alkanes) is 1. The van der Waals surface area contributed by atoms with Crippen molar-refractivity contribution in [1.29, 1.82) is 0 Å². The Kier molecular flexibility index (Phi) is 16.4. The smallest absolute Gasteiger partial charge is 0.191 e. The van der Waals surface area contributed by atoms with Crippen molar-refractivity contribution >= 4 is 29.9 Å². The van der Waals surface area contributed by atoms with Gasteiger partial charge in [-0.1, -0.05) is 30.3 Å². The van der Waals surface area contributed by atoms with Gasteiger partial charge in [0.05, 0.1) is 13.2 Å². The summed E-state index contributed by atoms with van der Waals surface area (Å²) in [4.78, 5) is 4.59. The lowest BCUT2D eigenvalue weighted by molar-refractivity contribution is 0.0690. The van der Waals surface area contributed by atoms with Crippen molar-refractivity contribution < 1.29 is 9.47 Å². The maximum atomic E-state index is 5.44. The molecule has 1 rings (SSSR count). The normalized spacial score (nSPS) is 11.0. The molecule has 0 spiro atoms. The summed E-state index contributed by atoms with van der Waals surface area (Å²) >= 11 is 0. The van der Waals surface area contributed by atoms with Gasteiger partial charge in [-0.25, -0.2) is 0 Å². The van der Waals surface area contributed by atoms with E-state index in [1.54, 1.807) is 7.11 Å². The Hall–Kier alpha value is -0.860. The van der Waals surface area contributed by atoms with Crippen molar-refractivity contribution in [1.82, 2.24) is 10.6 Å². The van der Waals surface area contributed by atoms with Gasteiger partial charge in [0.15, 0.2) is 5.96 Å². The van der Waals surface area contributed by atoms with Crippen LogP contribution in [0.3, 0.4) is 0 Å². The van der Waals surface area contributed by atoms with E-state index < -0.39 is 0 Å². The fourth-order valence-electron chi connectivity index (χ4n) is 2.06. The van der Waals surface area contributed by atoms with Crippen LogP contribution in [0, 0.1) is 0 Å². The summed E-state index contributed by atoms with van der Waals surface area (Å²) in [5.74, 6) is 0.892. The number of benzene rings is 1. The zero-order valence-corrected chi connectivity index (χ0v) is 17.3. The van der Waals surface area contributed by atoms with Gasteiger partial charge in [-0.2, -0.15) is 0 Å². The lowest BCUT2D eigenvalue weighted by Crippen LogP contribution is -2.38. The molecule has 0 radical (unpaired) electrons. The van der Waals surface area contributed by atoms with Gasteiger partial charge in [0.25, 0.3) is 0 Å². The molecule has 0 saturated carbocycles. The summed E-state index contributed by atoms with van der Waals surface area (Å²) in [5.41, 5.74) is 1.34. The van der Waals surface area contributed by atoms with Crippen LogP contribution in [0.25, 0.3) is 0 Å². The average molecular weight is 449 g/mol. The van der Waals surface area contributed by atoms with Crippen LogP contribution >= 0.6 is 24.0 Å². The second kappa shape index (κ2) is 17.0. The number of ether oxygens (including phenoxy) is 2. The Morgan fingerprint density at radius 2 is 1.83 bits per heavy atom. The molecule has 1 aromatic carbocycles. The maximum absolute atomic E-state index is 5.44. The predicted molar refractivity (Wildman–Crippen MR) is 111 cm³/mol. The number of nitrogens with one attached hydrogen (secondary N) is 2. The van der Waals surface area contributed by atoms with E-state index in [0.29, 0.717) is 13.2 Å². The zero-order valence-electron chi connectivity index (χ0n) is 14.9. The molecule has 0 atom stereocenters. The molecule has 0 aliphatic heterocycles. The summed E-state index contributed by atoms with van der Waals surface area (Å²) < 4.78 is 10.4. The van der Waals surface area contributed by atoms with Crippen molar-refractivity contribution in [3.63, 3.8) is 0 Å². The van der Waals surface area contributed by atoms with Crippen molar-refractivity contribution in [2.45, 2.75) is 26.2 Å². The van der Waals surface area contributed by atoms with E-state index in [0.717, 1.165) is 51.5 Å². The number of halogens is 1. The molecule has 138 valence electrons. The highest BCUT2D eigenvalue weighted by atomic mass is 127. The summed E-state index contributed by atoms with van der Waals surface area (Å²) in [5, 5.41) is 6.66. The zero-order chi connectivity index (χ0) is 16.6. The Morgan fingerprint density at radius 1 is 1.04 bits per heavy atom. The summed E-state index contributed by atoms with van der Waals surface area (Å²) in [7, 11) is 1.69. The van der Waals surface area contributed by atoms with E-state index in [-0.39, 0.29) is 24.0 Å². The highest BCUT2D eigenvalue weighted by molar-refractivity contribution is 14.0. The van der Waals surface area contributed by atoms with Gasteiger partial charge >= 0.3 is 0 Å². The first-order chi connectivity index (χ1) is 11.4. The molecule has 2 N–H and O–H groups in total. The topological polar surface area (TPSA) is 54.9 Å². The second-order valence-corrected chi connectivity index (χ2v) is 5.24. The number of nitrogens with zero attached hydrogens (tertiary/aromatic N) is 1. The minimum atomic E-state index is 0. The Labute approximate surface area is 163 Å². The lowest BCUT2D eigenvalue weighted by atomic mass is 10.1. The standard InChI is InChI=1S/C18H31N3O2.HI/c1-3-19-18(20-12-7-8-14-23-16-15-22-2)21-13-11-17-9-5-4-6-10-17;/h4-6,9-10H,3,7-8,11-16H2,1-2H3,(H2,19,20,21);1H. The fraction of sp³-hybridized carbons (Fsp3) is 0.611. The number of guanidine groups is 1. The van der Waals surface area contributed by atoms with Gasteiger partial charge < -0.3 is 20.1 Å². The quantitative estimate of drug-likeness (QED) is 0.223. The summed E-state index contributed by atoms with van der Waals surface area (Å²) in [6, 6.07) is 10.5. The van der Waals surface area contributed by atoms with E-state index in [4.69, 9.17) is 9.47 Å². The monoisotopic (exact) mass is 449 g/mol. The first kappa shape index (κ1) is 23.1. The van der Waals surface area contributed by atoms with Crippen LogP contribution in [-0.2, 0) is 15.9 Å². The average Bonchev–Trinajstić information content (AvgIpc) is 2.58. The van der Waals surface area contributed by atoms with Gasteiger partial charge in [-0.15, -0.1) is 24.0 Å². The van der Waals surface area contributed by atoms with E-state index >= 15 is 0 Å². The van der Waals surface area contributed by atoms with Crippen LogP contribution in [0.5, 0.6) is 0 Å². The third kappa shape index (κ3) is 12.5. The van der Waals surface area contributed by atoms with E-state index in [2.05, 4.69) is 46.8 Å². The van der Waals surface area contributed by atoms with Crippen LogP contribution in [-0.4, -0.2) is 52.5 Å². The fourth-order valence-corrected chi connectivity index (χ4v) is 2.06. The van der Waals surface area contributed by atoms with Crippen molar-refractivity contribution in [3.05, 3.63) is 35.9 Å². The van der Waals surface area contributed by atoms with E-state index in [1.807, 2.05) is 6.07 Å². The highest BCUT2D eigenvalue weighted by Crippen LogP contribution is 1.98. The molecular weight excluding hydrogens is 417 g/mol. The van der Waals surface area contributed by atoms with Crippen LogP contribution in [0.4, 0.5) is 0 Å². The molecule has 0 aromatic heterocycles. The first-order valence-corrected chi connectivity index (χ1v) is 8.49. The molecule has 0 amide bonds. The van der Waals surface area contributed by atoms with Gasteiger partial charge in [-0.3, -0.25) is 4.99 Å². The van der Waals surface area contributed by atoms with Crippen molar-refractivity contribution in [2.24, 2.45) is 4.99 Å². The molecule has 1 aromatic rings. The molecular formula is C18H32IN3O2. The minimum Gasteiger partial charge on any atom is -0.382 e.